The molecule has 0 amide bonds. The van der Waals surface area contributed by atoms with Gasteiger partial charge in [-0.1, -0.05) is 24.3 Å². The fourth-order valence-electron chi connectivity index (χ4n) is 5.42. The van der Waals surface area contributed by atoms with Crippen LogP contribution in [0.15, 0.2) is 48.2 Å². The summed E-state index contributed by atoms with van der Waals surface area (Å²) in [6.45, 7) is 0. The largest absolute Gasteiger partial charge is 0.496 e. The maximum atomic E-state index is 13.3. The summed E-state index contributed by atoms with van der Waals surface area (Å²) in [6, 6.07) is 11.8. The van der Waals surface area contributed by atoms with Gasteiger partial charge in [-0.25, -0.2) is 0 Å². The molecule has 0 fully saturated rings. The van der Waals surface area contributed by atoms with Crippen molar-refractivity contribution in [2.24, 2.45) is 11.8 Å². The number of allylic oxidation sites excluding steroid dienone is 2. The van der Waals surface area contributed by atoms with E-state index < -0.39 is 11.8 Å². The molecular formula is C23H20O5. The first-order valence-corrected chi connectivity index (χ1v) is 9.29. The van der Waals surface area contributed by atoms with E-state index >= 15 is 0 Å². The minimum Gasteiger partial charge on any atom is -0.496 e. The average molecular weight is 376 g/mol. The van der Waals surface area contributed by atoms with E-state index in [9.17, 15) is 9.59 Å². The van der Waals surface area contributed by atoms with Crippen molar-refractivity contribution in [3.05, 3.63) is 70.5 Å². The summed E-state index contributed by atoms with van der Waals surface area (Å²) in [7, 11) is 4.69. The molecule has 4 aliphatic rings. The Hall–Kier alpha value is -3.08. The van der Waals surface area contributed by atoms with Crippen molar-refractivity contribution in [2.45, 2.75) is 11.8 Å². The number of carbonyl (C=O) groups is 2. The van der Waals surface area contributed by atoms with Crippen LogP contribution in [0.4, 0.5) is 0 Å². The second-order valence-electron chi connectivity index (χ2n) is 7.41. The second kappa shape index (κ2) is 5.96. The predicted octanol–water partition coefficient (Wildman–Crippen LogP) is 3.21. The smallest absolute Gasteiger partial charge is 0.202 e. The van der Waals surface area contributed by atoms with E-state index in [4.69, 9.17) is 14.2 Å². The number of hydrogen-bond acceptors (Lipinski definition) is 5. The van der Waals surface area contributed by atoms with Crippen LogP contribution in [0.2, 0.25) is 0 Å². The van der Waals surface area contributed by atoms with E-state index in [1.165, 1.54) is 13.2 Å². The Kier molecular flexibility index (Phi) is 3.63. The molecule has 0 aliphatic heterocycles. The lowest BCUT2D eigenvalue weighted by Crippen LogP contribution is -2.49. The van der Waals surface area contributed by atoms with Crippen LogP contribution in [0.25, 0.3) is 0 Å². The minimum atomic E-state index is -0.499. The molecule has 0 saturated carbocycles. The molecule has 2 aromatic rings. The third-order valence-corrected chi connectivity index (χ3v) is 6.41. The van der Waals surface area contributed by atoms with Crippen LogP contribution in [-0.2, 0) is 14.3 Å². The maximum absolute atomic E-state index is 13.3. The monoisotopic (exact) mass is 376 g/mol. The van der Waals surface area contributed by atoms with E-state index in [1.807, 2.05) is 30.3 Å². The summed E-state index contributed by atoms with van der Waals surface area (Å²) < 4.78 is 16.6. The van der Waals surface area contributed by atoms with Crippen molar-refractivity contribution >= 4 is 11.6 Å². The van der Waals surface area contributed by atoms with E-state index in [0.29, 0.717) is 5.75 Å². The van der Waals surface area contributed by atoms with E-state index in [2.05, 4.69) is 6.07 Å². The first-order valence-electron chi connectivity index (χ1n) is 9.29. The Balaban J connectivity index is 1.87. The zero-order valence-corrected chi connectivity index (χ0v) is 15.9. The summed E-state index contributed by atoms with van der Waals surface area (Å²) in [5.74, 6) is -0.0964. The van der Waals surface area contributed by atoms with Gasteiger partial charge in [-0.3, -0.25) is 9.59 Å². The van der Waals surface area contributed by atoms with Crippen LogP contribution in [-0.4, -0.2) is 32.9 Å². The van der Waals surface area contributed by atoms with Gasteiger partial charge in [0.2, 0.25) is 5.78 Å². The zero-order chi connectivity index (χ0) is 19.6. The lowest BCUT2D eigenvalue weighted by Gasteiger charge is -2.50. The number of methoxy groups -OCH3 is 3. The number of Topliss-reactive ketones (excluding diaryl/α,β-unsaturated/α-hetero) is 1. The summed E-state index contributed by atoms with van der Waals surface area (Å²) in [5, 5.41) is 0. The normalized spacial score (nSPS) is 26.8. The van der Waals surface area contributed by atoms with Gasteiger partial charge < -0.3 is 14.2 Å². The van der Waals surface area contributed by atoms with Crippen LogP contribution in [0.5, 0.6) is 11.5 Å². The standard InChI is InChI=1S/C23H20O5/c1-26-14-8-9-15(27-2)21-18-12-7-5-4-6-11(12)17(20(14)21)19-13(24)10-16(28-3)23(25)22(18)19/h4-10,17-19,22H,1-3H3. The molecule has 5 heteroatoms. The third-order valence-electron chi connectivity index (χ3n) is 6.41. The third kappa shape index (κ3) is 1.96. The lowest BCUT2D eigenvalue weighted by atomic mass is 9.51. The Morgan fingerprint density at radius 1 is 0.714 bits per heavy atom. The van der Waals surface area contributed by atoms with E-state index in [0.717, 1.165) is 28.0 Å². The molecule has 5 nitrogen and oxygen atoms in total. The number of ketones is 2. The molecule has 142 valence electrons. The fourth-order valence-corrected chi connectivity index (χ4v) is 5.42. The highest BCUT2D eigenvalue weighted by Gasteiger charge is 2.58. The number of hydrogen-bond donors (Lipinski definition) is 0. The van der Waals surface area contributed by atoms with E-state index in [1.54, 1.807) is 14.2 Å². The zero-order valence-electron chi connectivity index (χ0n) is 15.9. The Morgan fingerprint density at radius 2 is 1.25 bits per heavy atom. The minimum absolute atomic E-state index is 0.0681. The topological polar surface area (TPSA) is 61.8 Å². The molecule has 0 spiro atoms. The first kappa shape index (κ1) is 17.0. The average Bonchev–Trinajstić information content (AvgIpc) is 2.74. The molecule has 2 aromatic carbocycles. The molecular weight excluding hydrogens is 356 g/mol. The first-order chi connectivity index (χ1) is 13.6. The molecule has 0 heterocycles. The van der Waals surface area contributed by atoms with Crippen LogP contribution >= 0.6 is 0 Å². The Labute approximate surface area is 162 Å². The number of benzene rings is 2. The summed E-state index contributed by atoms with van der Waals surface area (Å²) in [6.07, 6.45) is 1.36. The molecule has 0 saturated heterocycles. The Morgan fingerprint density at radius 3 is 1.75 bits per heavy atom. The van der Waals surface area contributed by atoms with Gasteiger partial charge >= 0.3 is 0 Å². The Bertz CT molecular complexity index is 1050. The van der Waals surface area contributed by atoms with Crippen molar-refractivity contribution in [3.8, 4) is 11.5 Å². The molecule has 6 rings (SSSR count). The van der Waals surface area contributed by atoms with Gasteiger partial charge in [0.25, 0.3) is 0 Å². The van der Waals surface area contributed by atoms with Crippen molar-refractivity contribution in [3.63, 3.8) is 0 Å². The SMILES string of the molecule is COC1=CC(=O)C2C3c4ccccc4C(c4c(OC)ccc(OC)c43)C2C1=O. The van der Waals surface area contributed by atoms with Gasteiger partial charge in [0.15, 0.2) is 11.5 Å². The molecule has 4 unspecified atom stereocenters. The molecule has 4 aliphatic carbocycles. The van der Waals surface area contributed by atoms with Crippen LogP contribution in [0.3, 0.4) is 0 Å². The molecule has 0 N–H and O–H groups in total. The van der Waals surface area contributed by atoms with Gasteiger partial charge in [-0.15, -0.1) is 0 Å². The highest BCUT2D eigenvalue weighted by Crippen LogP contribution is 2.63. The maximum Gasteiger partial charge on any atom is 0.202 e. The van der Waals surface area contributed by atoms with Crippen LogP contribution in [0, 0.1) is 11.8 Å². The molecule has 2 bridgehead atoms. The van der Waals surface area contributed by atoms with Crippen molar-refractivity contribution < 1.29 is 23.8 Å². The lowest BCUT2D eigenvalue weighted by molar-refractivity contribution is -0.134. The van der Waals surface area contributed by atoms with E-state index in [-0.39, 0.29) is 29.2 Å². The molecule has 28 heavy (non-hydrogen) atoms. The van der Waals surface area contributed by atoms with Crippen molar-refractivity contribution in [2.75, 3.05) is 21.3 Å². The van der Waals surface area contributed by atoms with Gasteiger partial charge in [0.1, 0.15) is 11.5 Å². The van der Waals surface area contributed by atoms with Gasteiger partial charge in [-0.05, 0) is 23.3 Å². The van der Waals surface area contributed by atoms with Crippen LogP contribution in [0.1, 0.15) is 34.1 Å². The molecule has 0 aromatic heterocycles. The second-order valence-corrected chi connectivity index (χ2v) is 7.41. The fraction of sp³-hybridized carbons (Fsp3) is 0.304. The van der Waals surface area contributed by atoms with Crippen molar-refractivity contribution in [1.29, 1.82) is 0 Å². The van der Waals surface area contributed by atoms with Gasteiger partial charge in [-0.2, -0.15) is 0 Å². The summed E-state index contributed by atoms with van der Waals surface area (Å²) in [4.78, 5) is 26.4. The highest BCUT2D eigenvalue weighted by atomic mass is 16.5. The number of rotatable bonds is 3. The quantitative estimate of drug-likeness (QED) is 0.823. The summed E-state index contributed by atoms with van der Waals surface area (Å²) >= 11 is 0. The van der Waals surface area contributed by atoms with Crippen molar-refractivity contribution in [1.82, 2.24) is 0 Å². The number of ether oxygens (including phenoxy) is 3. The van der Waals surface area contributed by atoms with Gasteiger partial charge in [0, 0.05) is 40.9 Å². The molecule has 0 radical (unpaired) electrons. The van der Waals surface area contributed by atoms with Crippen LogP contribution < -0.4 is 9.47 Å². The summed E-state index contributed by atoms with van der Waals surface area (Å²) in [5.41, 5.74) is 4.07. The molecule has 4 atom stereocenters. The number of carbonyl (C=O) groups excluding carboxylic acids is 2. The van der Waals surface area contributed by atoms with Gasteiger partial charge in [0.05, 0.1) is 21.3 Å². The predicted molar refractivity (Wildman–Crippen MR) is 102 cm³/mol. The highest BCUT2D eigenvalue weighted by molar-refractivity contribution is 6.11.